The number of aryl methyl sites for hydroxylation is 1. The van der Waals surface area contributed by atoms with Gasteiger partial charge in [0.1, 0.15) is 11.0 Å². The van der Waals surface area contributed by atoms with Crippen molar-refractivity contribution in [2.75, 3.05) is 0 Å². The van der Waals surface area contributed by atoms with E-state index in [2.05, 4.69) is 21.0 Å². The molecule has 3 aromatic rings. The first-order valence-electron chi connectivity index (χ1n) is 6.05. The molecule has 0 aliphatic rings. The maximum atomic E-state index is 5.97. The van der Waals surface area contributed by atoms with Crippen LogP contribution in [0.4, 0.5) is 0 Å². The number of rotatable bonds is 2. The number of para-hydroxylation sites is 1. The number of aromatic nitrogens is 3. The van der Waals surface area contributed by atoms with E-state index in [1.165, 1.54) is 5.56 Å². The molecule has 2 heterocycles. The molecule has 0 unspecified atom stereocenters. The molecule has 0 atom stereocenters. The summed E-state index contributed by atoms with van der Waals surface area (Å²) < 4.78 is 0. The lowest BCUT2D eigenvalue weighted by molar-refractivity contribution is 0.971. The highest BCUT2D eigenvalue weighted by Gasteiger charge is 2.05. The summed E-state index contributed by atoms with van der Waals surface area (Å²) in [6, 6.07) is 11.9. The van der Waals surface area contributed by atoms with E-state index in [9.17, 15) is 0 Å². The van der Waals surface area contributed by atoms with Crippen LogP contribution in [0.1, 0.15) is 17.1 Å². The Morgan fingerprint density at radius 3 is 2.79 bits per heavy atom. The van der Waals surface area contributed by atoms with Gasteiger partial charge in [-0.1, -0.05) is 29.8 Å². The highest BCUT2D eigenvalue weighted by molar-refractivity contribution is 6.29. The lowest BCUT2D eigenvalue weighted by Gasteiger charge is -2.06. The van der Waals surface area contributed by atoms with Crippen LogP contribution in [0.15, 0.2) is 42.6 Å². The summed E-state index contributed by atoms with van der Waals surface area (Å²) in [7, 11) is 0. The van der Waals surface area contributed by atoms with Gasteiger partial charge in [0.15, 0.2) is 0 Å². The predicted octanol–water partition coefficient (Wildman–Crippen LogP) is 3.58. The average molecular weight is 270 g/mol. The van der Waals surface area contributed by atoms with E-state index in [0.717, 1.165) is 23.0 Å². The van der Waals surface area contributed by atoms with Gasteiger partial charge in [0.25, 0.3) is 0 Å². The largest absolute Gasteiger partial charge is 0.256 e. The van der Waals surface area contributed by atoms with Crippen LogP contribution in [-0.4, -0.2) is 15.0 Å². The van der Waals surface area contributed by atoms with E-state index in [0.29, 0.717) is 11.0 Å². The monoisotopic (exact) mass is 269 g/mol. The Balaban J connectivity index is 2.05. The molecule has 0 aliphatic heterocycles. The fourth-order valence-electron chi connectivity index (χ4n) is 2.18. The number of fused-ring (bicyclic) bond motifs is 1. The molecule has 0 amide bonds. The molecule has 0 fully saturated rings. The van der Waals surface area contributed by atoms with E-state index < -0.39 is 0 Å². The van der Waals surface area contributed by atoms with Crippen LogP contribution >= 0.6 is 11.6 Å². The fourth-order valence-corrected chi connectivity index (χ4v) is 2.43. The van der Waals surface area contributed by atoms with E-state index in [-0.39, 0.29) is 0 Å². The Labute approximate surface area is 116 Å². The van der Waals surface area contributed by atoms with Crippen LogP contribution in [0.5, 0.6) is 0 Å². The number of hydrogen-bond acceptors (Lipinski definition) is 3. The SMILES string of the molecule is Cc1nc(Cl)cc(Cc2ccnc3ccccc23)n1. The molecule has 0 saturated heterocycles. The molecular formula is C15H12ClN3. The molecule has 0 bridgehead atoms. The Morgan fingerprint density at radius 1 is 1.11 bits per heavy atom. The standard InChI is InChI=1S/C15H12ClN3/c1-10-18-12(9-15(16)19-10)8-11-6-7-17-14-5-3-2-4-13(11)14/h2-7,9H,8H2,1H3. The van der Waals surface area contributed by atoms with E-state index in [1.54, 1.807) is 0 Å². The second kappa shape index (κ2) is 4.94. The fraction of sp³-hybridized carbons (Fsp3) is 0.133. The van der Waals surface area contributed by atoms with Crippen LogP contribution in [0, 0.1) is 6.92 Å². The minimum atomic E-state index is 0.487. The van der Waals surface area contributed by atoms with E-state index >= 15 is 0 Å². The van der Waals surface area contributed by atoms with Crippen LogP contribution in [0.3, 0.4) is 0 Å². The van der Waals surface area contributed by atoms with Crippen LogP contribution in [0.2, 0.25) is 5.15 Å². The van der Waals surface area contributed by atoms with Gasteiger partial charge in [-0.3, -0.25) is 4.98 Å². The van der Waals surface area contributed by atoms with Crippen molar-refractivity contribution in [1.82, 2.24) is 15.0 Å². The molecule has 0 spiro atoms. The summed E-state index contributed by atoms with van der Waals surface area (Å²) in [6.45, 7) is 1.85. The van der Waals surface area contributed by atoms with Crippen molar-refractivity contribution in [2.45, 2.75) is 13.3 Å². The second-order valence-corrected chi connectivity index (χ2v) is 4.78. The molecule has 0 N–H and O–H groups in total. The van der Waals surface area contributed by atoms with Crippen molar-refractivity contribution in [3.8, 4) is 0 Å². The van der Waals surface area contributed by atoms with Crippen molar-refractivity contribution in [2.24, 2.45) is 0 Å². The van der Waals surface area contributed by atoms with E-state index in [4.69, 9.17) is 11.6 Å². The topological polar surface area (TPSA) is 38.7 Å². The van der Waals surface area contributed by atoms with Gasteiger partial charge in [-0.15, -0.1) is 0 Å². The van der Waals surface area contributed by atoms with Crippen LogP contribution in [-0.2, 0) is 6.42 Å². The predicted molar refractivity (Wildman–Crippen MR) is 76.3 cm³/mol. The Kier molecular flexibility index (Phi) is 3.13. The van der Waals surface area contributed by atoms with Crippen molar-refractivity contribution in [3.05, 3.63) is 64.8 Å². The summed E-state index contributed by atoms with van der Waals surface area (Å²) in [6.07, 6.45) is 2.55. The third-order valence-electron chi connectivity index (χ3n) is 2.97. The summed E-state index contributed by atoms with van der Waals surface area (Å²) in [4.78, 5) is 12.9. The summed E-state index contributed by atoms with van der Waals surface area (Å²) >= 11 is 5.97. The highest BCUT2D eigenvalue weighted by atomic mass is 35.5. The number of hydrogen-bond donors (Lipinski definition) is 0. The maximum Gasteiger partial charge on any atom is 0.133 e. The van der Waals surface area contributed by atoms with Gasteiger partial charge in [-0.05, 0) is 30.7 Å². The van der Waals surface area contributed by atoms with Gasteiger partial charge in [-0.2, -0.15) is 0 Å². The lowest BCUT2D eigenvalue weighted by atomic mass is 10.0. The minimum absolute atomic E-state index is 0.487. The van der Waals surface area contributed by atoms with Gasteiger partial charge >= 0.3 is 0 Å². The van der Waals surface area contributed by atoms with Gasteiger partial charge in [0, 0.05) is 23.7 Å². The highest BCUT2D eigenvalue weighted by Crippen LogP contribution is 2.19. The van der Waals surface area contributed by atoms with Gasteiger partial charge in [0.05, 0.1) is 5.52 Å². The zero-order valence-corrected chi connectivity index (χ0v) is 11.2. The molecule has 0 aliphatic carbocycles. The Hall–Kier alpha value is -2.00. The first kappa shape index (κ1) is 12.1. The molecule has 94 valence electrons. The number of pyridine rings is 1. The van der Waals surface area contributed by atoms with E-state index in [1.807, 2.05) is 43.5 Å². The molecule has 2 aromatic heterocycles. The Bertz CT molecular complexity index is 715. The first-order chi connectivity index (χ1) is 9.22. The minimum Gasteiger partial charge on any atom is -0.256 e. The maximum absolute atomic E-state index is 5.97. The van der Waals surface area contributed by atoms with Gasteiger partial charge in [-0.25, -0.2) is 9.97 Å². The number of nitrogens with zero attached hydrogens (tertiary/aromatic N) is 3. The number of benzene rings is 1. The second-order valence-electron chi connectivity index (χ2n) is 4.39. The molecule has 1 aromatic carbocycles. The summed E-state index contributed by atoms with van der Waals surface area (Å²) in [5.74, 6) is 0.695. The average Bonchev–Trinajstić information content (AvgIpc) is 2.38. The molecule has 0 saturated carbocycles. The number of halogens is 1. The van der Waals surface area contributed by atoms with Crippen molar-refractivity contribution in [3.63, 3.8) is 0 Å². The Morgan fingerprint density at radius 2 is 1.95 bits per heavy atom. The van der Waals surface area contributed by atoms with Gasteiger partial charge < -0.3 is 0 Å². The van der Waals surface area contributed by atoms with Crippen molar-refractivity contribution in [1.29, 1.82) is 0 Å². The lowest BCUT2D eigenvalue weighted by Crippen LogP contribution is -1.98. The summed E-state index contributed by atoms with van der Waals surface area (Å²) in [5, 5.41) is 1.64. The smallest absolute Gasteiger partial charge is 0.133 e. The third-order valence-corrected chi connectivity index (χ3v) is 3.16. The van der Waals surface area contributed by atoms with Crippen LogP contribution in [0.25, 0.3) is 10.9 Å². The zero-order valence-electron chi connectivity index (χ0n) is 10.5. The molecule has 3 nitrogen and oxygen atoms in total. The van der Waals surface area contributed by atoms with Crippen LogP contribution < -0.4 is 0 Å². The van der Waals surface area contributed by atoms with Crippen molar-refractivity contribution < 1.29 is 0 Å². The zero-order chi connectivity index (χ0) is 13.2. The summed E-state index contributed by atoms with van der Waals surface area (Å²) in [5.41, 5.74) is 3.12. The first-order valence-corrected chi connectivity index (χ1v) is 6.43. The van der Waals surface area contributed by atoms with Crippen molar-refractivity contribution >= 4 is 22.5 Å². The molecule has 4 heteroatoms. The molecule has 0 radical (unpaired) electrons. The molecular weight excluding hydrogens is 258 g/mol. The molecule has 19 heavy (non-hydrogen) atoms. The van der Waals surface area contributed by atoms with Gasteiger partial charge in [0.2, 0.25) is 0 Å². The molecule has 3 rings (SSSR count). The normalized spacial score (nSPS) is 10.8. The quantitative estimate of drug-likeness (QED) is 0.668. The third kappa shape index (κ3) is 2.56.